The zero-order chi connectivity index (χ0) is 15.9. The summed E-state index contributed by atoms with van der Waals surface area (Å²) < 4.78 is 5.62. The number of ether oxygens (including phenoxy) is 1. The molecule has 1 heterocycles. The van der Waals surface area contributed by atoms with Crippen molar-refractivity contribution >= 4 is 22.8 Å². The van der Waals surface area contributed by atoms with Crippen molar-refractivity contribution in [3.63, 3.8) is 0 Å². The van der Waals surface area contributed by atoms with E-state index in [1.807, 2.05) is 35.7 Å². The Morgan fingerprint density at radius 3 is 2.61 bits per heavy atom. The van der Waals surface area contributed by atoms with Crippen LogP contribution in [-0.4, -0.2) is 24.4 Å². The summed E-state index contributed by atoms with van der Waals surface area (Å²) in [5.41, 5.74) is 2.73. The highest BCUT2D eigenvalue weighted by Gasteiger charge is 2.03. The molecule has 0 saturated carbocycles. The minimum Gasteiger partial charge on any atom is -0.492 e. The second kappa shape index (κ2) is 7.56. The molecule has 3 rings (SSSR count). The second-order valence-electron chi connectivity index (χ2n) is 4.87. The number of aromatic nitrogens is 1. The third-order valence-electron chi connectivity index (χ3n) is 3.24. The molecule has 2 aromatic carbocycles. The monoisotopic (exact) mass is 324 g/mol. The third-order valence-corrected chi connectivity index (χ3v) is 4.04. The quantitative estimate of drug-likeness (QED) is 0.525. The molecule has 0 spiro atoms. The summed E-state index contributed by atoms with van der Waals surface area (Å²) in [6.45, 7) is 1.19. The number of aldehydes is 1. The Morgan fingerprint density at radius 2 is 1.87 bits per heavy atom. The Labute approximate surface area is 138 Å². The Balaban J connectivity index is 1.47. The summed E-state index contributed by atoms with van der Waals surface area (Å²) in [5.74, 6) is 0.751. The zero-order valence-electron chi connectivity index (χ0n) is 12.4. The van der Waals surface area contributed by atoms with Gasteiger partial charge in [-0.2, -0.15) is 0 Å². The van der Waals surface area contributed by atoms with Crippen molar-refractivity contribution in [2.75, 3.05) is 18.5 Å². The van der Waals surface area contributed by atoms with Crippen LogP contribution in [0.15, 0.2) is 60.0 Å². The molecule has 1 N–H and O–H groups in total. The predicted octanol–water partition coefficient (Wildman–Crippen LogP) is 4.11. The van der Waals surface area contributed by atoms with Crippen LogP contribution in [0, 0.1) is 0 Å². The molecule has 4 nitrogen and oxygen atoms in total. The molecule has 23 heavy (non-hydrogen) atoms. The van der Waals surface area contributed by atoms with Crippen LogP contribution in [0.5, 0.6) is 5.75 Å². The largest absolute Gasteiger partial charge is 0.492 e. The van der Waals surface area contributed by atoms with Crippen LogP contribution in [0.25, 0.3) is 11.3 Å². The molecule has 0 amide bonds. The van der Waals surface area contributed by atoms with E-state index < -0.39 is 0 Å². The van der Waals surface area contributed by atoms with Crippen molar-refractivity contribution in [1.82, 2.24) is 4.98 Å². The average Bonchev–Trinajstić information content (AvgIpc) is 3.09. The number of benzene rings is 2. The molecule has 0 radical (unpaired) electrons. The van der Waals surface area contributed by atoms with E-state index in [2.05, 4.69) is 10.3 Å². The van der Waals surface area contributed by atoms with Crippen molar-refractivity contribution in [2.24, 2.45) is 0 Å². The lowest BCUT2D eigenvalue weighted by Crippen LogP contribution is -2.11. The fourth-order valence-corrected chi connectivity index (χ4v) is 2.81. The third kappa shape index (κ3) is 4.17. The van der Waals surface area contributed by atoms with Gasteiger partial charge in [-0.15, -0.1) is 11.3 Å². The van der Waals surface area contributed by atoms with Gasteiger partial charge in [0.2, 0.25) is 0 Å². The second-order valence-corrected chi connectivity index (χ2v) is 5.72. The van der Waals surface area contributed by atoms with Gasteiger partial charge in [0.15, 0.2) is 5.13 Å². The zero-order valence-corrected chi connectivity index (χ0v) is 13.3. The minimum absolute atomic E-state index is 0.528. The van der Waals surface area contributed by atoms with E-state index in [9.17, 15) is 4.79 Å². The van der Waals surface area contributed by atoms with Crippen LogP contribution in [0.1, 0.15) is 10.4 Å². The van der Waals surface area contributed by atoms with E-state index in [0.29, 0.717) is 18.7 Å². The summed E-state index contributed by atoms with van der Waals surface area (Å²) in [4.78, 5) is 15.1. The van der Waals surface area contributed by atoms with E-state index in [0.717, 1.165) is 28.4 Å². The molecule has 0 atom stereocenters. The molecule has 0 bridgehead atoms. The summed E-state index contributed by atoms with van der Waals surface area (Å²) in [5, 5.41) is 6.17. The van der Waals surface area contributed by atoms with Crippen LogP contribution in [0.2, 0.25) is 0 Å². The smallest absolute Gasteiger partial charge is 0.183 e. The molecule has 0 unspecified atom stereocenters. The number of thiazole rings is 1. The summed E-state index contributed by atoms with van der Waals surface area (Å²) >= 11 is 1.58. The Bertz CT molecular complexity index is 754. The van der Waals surface area contributed by atoms with Crippen LogP contribution >= 0.6 is 11.3 Å². The van der Waals surface area contributed by atoms with Gasteiger partial charge in [-0.05, 0) is 24.3 Å². The average molecular weight is 324 g/mol. The molecule has 1 aromatic heterocycles. The lowest BCUT2D eigenvalue weighted by Gasteiger charge is -2.06. The summed E-state index contributed by atoms with van der Waals surface area (Å²) in [6, 6.07) is 17.2. The van der Waals surface area contributed by atoms with Gasteiger partial charge >= 0.3 is 0 Å². The molecular formula is C18H16N2O2S. The van der Waals surface area contributed by atoms with E-state index >= 15 is 0 Å². The van der Waals surface area contributed by atoms with Gasteiger partial charge in [-0.3, -0.25) is 4.79 Å². The molecule has 0 fully saturated rings. The van der Waals surface area contributed by atoms with Crippen molar-refractivity contribution in [3.8, 4) is 17.0 Å². The van der Waals surface area contributed by atoms with Crippen molar-refractivity contribution in [2.45, 2.75) is 0 Å². The van der Waals surface area contributed by atoms with E-state index in [1.165, 1.54) is 0 Å². The number of rotatable bonds is 7. The molecule has 0 saturated heterocycles. The lowest BCUT2D eigenvalue weighted by atomic mass is 10.2. The fourth-order valence-electron chi connectivity index (χ4n) is 2.07. The Morgan fingerprint density at radius 1 is 1.09 bits per heavy atom. The number of nitrogens with one attached hydrogen (secondary N) is 1. The first kappa shape index (κ1) is 15.2. The van der Waals surface area contributed by atoms with Crippen molar-refractivity contribution in [1.29, 1.82) is 0 Å². The van der Waals surface area contributed by atoms with Gasteiger partial charge in [-0.1, -0.05) is 30.3 Å². The maximum absolute atomic E-state index is 10.6. The molecule has 3 aromatic rings. The highest BCUT2D eigenvalue weighted by Crippen LogP contribution is 2.24. The van der Waals surface area contributed by atoms with Gasteiger partial charge in [0, 0.05) is 16.5 Å². The van der Waals surface area contributed by atoms with Gasteiger partial charge < -0.3 is 10.1 Å². The number of hydrogen-bond donors (Lipinski definition) is 1. The summed E-state index contributed by atoms with van der Waals surface area (Å²) in [6.07, 6.45) is 0.818. The Kier molecular flexibility index (Phi) is 5.01. The number of hydrogen-bond acceptors (Lipinski definition) is 5. The van der Waals surface area contributed by atoms with Crippen LogP contribution in [-0.2, 0) is 0 Å². The molecular weight excluding hydrogens is 308 g/mol. The van der Waals surface area contributed by atoms with E-state index in [4.69, 9.17) is 4.74 Å². The number of nitrogens with zero attached hydrogens (tertiary/aromatic N) is 1. The first-order valence-electron chi connectivity index (χ1n) is 7.28. The van der Waals surface area contributed by atoms with Crippen molar-refractivity contribution in [3.05, 3.63) is 65.5 Å². The first-order chi connectivity index (χ1) is 11.3. The maximum Gasteiger partial charge on any atom is 0.183 e. The van der Waals surface area contributed by atoms with E-state index in [1.54, 1.807) is 35.6 Å². The fraction of sp³-hybridized carbons (Fsp3) is 0.111. The number of anilines is 1. The van der Waals surface area contributed by atoms with Gasteiger partial charge in [0.25, 0.3) is 0 Å². The minimum atomic E-state index is 0.528. The van der Waals surface area contributed by atoms with Crippen LogP contribution in [0.4, 0.5) is 5.13 Å². The van der Waals surface area contributed by atoms with E-state index in [-0.39, 0.29) is 0 Å². The highest BCUT2D eigenvalue weighted by atomic mass is 32.1. The first-order valence-corrected chi connectivity index (χ1v) is 8.16. The van der Waals surface area contributed by atoms with Crippen LogP contribution in [0.3, 0.4) is 0 Å². The molecule has 116 valence electrons. The SMILES string of the molecule is O=Cc1ccc(OCCNc2nc(-c3ccccc3)cs2)cc1. The van der Waals surface area contributed by atoms with Gasteiger partial charge in [0.05, 0.1) is 12.2 Å². The highest BCUT2D eigenvalue weighted by molar-refractivity contribution is 7.14. The van der Waals surface area contributed by atoms with Gasteiger partial charge in [-0.25, -0.2) is 4.98 Å². The molecule has 5 heteroatoms. The van der Waals surface area contributed by atoms with Crippen molar-refractivity contribution < 1.29 is 9.53 Å². The molecule has 0 aliphatic carbocycles. The summed E-state index contributed by atoms with van der Waals surface area (Å²) in [7, 11) is 0. The standard InChI is InChI=1S/C18H16N2O2S/c21-12-14-6-8-16(9-7-14)22-11-10-19-18-20-17(13-23-18)15-4-2-1-3-5-15/h1-9,12-13H,10-11H2,(H,19,20). The Hall–Kier alpha value is -2.66. The number of carbonyl (C=O) groups excluding carboxylic acids is 1. The number of carbonyl (C=O) groups is 1. The maximum atomic E-state index is 10.6. The lowest BCUT2D eigenvalue weighted by molar-refractivity contribution is 0.112. The van der Waals surface area contributed by atoms with Crippen LogP contribution < -0.4 is 10.1 Å². The topological polar surface area (TPSA) is 51.2 Å². The molecule has 0 aliphatic heterocycles. The predicted molar refractivity (Wildman–Crippen MR) is 93.4 cm³/mol. The van der Waals surface area contributed by atoms with Gasteiger partial charge in [0.1, 0.15) is 18.6 Å². The molecule has 0 aliphatic rings. The normalized spacial score (nSPS) is 10.3.